The smallest absolute Gasteiger partial charge is 0.422 e. The van der Waals surface area contributed by atoms with Gasteiger partial charge in [0.15, 0.2) is 12.4 Å². The van der Waals surface area contributed by atoms with Crippen LogP contribution in [0.2, 0.25) is 0 Å². The molecule has 0 aliphatic carbocycles. The fourth-order valence-corrected chi connectivity index (χ4v) is 6.66. The van der Waals surface area contributed by atoms with E-state index < -0.39 is 29.6 Å². The van der Waals surface area contributed by atoms with E-state index in [0.717, 1.165) is 12.1 Å². The lowest BCUT2D eigenvalue weighted by Gasteiger charge is -2.55. The third-order valence-corrected chi connectivity index (χ3v) is 8.45. The first kappa shape index (κ1) is 31.5. The highest BCUT2D eigenvalue weighted by atomic mass is 19.4. The summed E-state index contributed by atoms with van der Waals surface area (Å²) in [4.78, 5) is 43.7. The highest BCUT2D eigenvalue weighted by Crippen LogP contribution is 2.43. The van der Waals surface area contributed by atoms with E-state index in [2.05, 4.69) is 37.4 Å². The summed E-state index contributed by atoms with van der Waals surface area (Å²) in [5.41, 5.74) is 0.393. The van der Waals surface area contributed by atoms with Crippen molar-refractivity contribution in [2.45, 2.75) is 33.5 Å². The van der Waals surface area contributed by atoms with Crippen LogP contribution in [0.15, 0.2) is 48.5 Å². The number of Topliss-reactive ketones (excluding diaryl/α,β-unsaturated/α-hetero) is 1. The molecule has 11 nitrogen and oxygen atoms in total. The molecule has 1 amide bonds. The Labute approximate surface area is 264 Å². The van der Waals surface area contributed by atoms with E-state index >= 15 is 0 Å². The van der Waals surface area contributed by atoms with Gasteiger partial charge in [-0.05, 0) is 55.8 Å². The monoisotopic (exact) mass is 639 g/mol. The zero-order chi connectivity index (χ0) is 32.7. The molecule has 244 valence electrons. The maximum atomic E-state index is 13.7. The Morgan fingerprint density at radius 2 is 1.59 bits per heavy atom. The standard InChI is InChI=1S/C32H36F3N7O4/c1-20-13-41-15-30(2)17-42(18-31(3,16-41)26(30)44)25(43)22-6-8-23(9-7-22)37-28-38-27(39-29(40-28)46-19-32(33,34)35)36-12-21-4-10-24(11-5-21)45-14-20/h4-11,20H,12-19H2,1-3H3,(H2,36,37,38,39,40)/t20-,30?,31?/m0/s1. The first-order valence-corrected chi connectivity index (χ1v) is 15.1. The second-order valence-corrected chi connectivity index (χ2v) is 13.1. The van der Waals surface area contributed by atoms with E-state index in [-0.39, 0.29) is 36.0 Å². The van der Waals surface area contributed by atoms with E-state index in [4.69, 9.17) is 9.47 Å². The van der Waals surface area contributed by atoms with Crippen LogP contribution in [0.4, 0.5) is 30.8 Å². The number of hydrogen-bond donors (Lipinski definition) is 2. The maximum absolute atomic E-state index is 13.7. The van der Waals surface area contributed by atoms with E-state index in [1.807, 2.05) is 38.1 Å². The molecule has 14 heteroatoms. The molecule has 2 N–H and O–H groups in total. The summed E-state index contributed by atoms with van der Waals surface area (Å²) in [6.45, 7) is 7.71. The molecule has 0 spiro atoms. The average Bonchev–Trinajstić information content (AvgIpc) is 2.99. The molecule has 0 saturated carbocycles. The third-order valence-electron chi connectivity index (χ3n) is 8.45. The van der Waals surface area contributed by atoms with Gasteiger partial charge < -0.3 is 29.9 Å². The number of rotatable bonds is 2. The number of benzene rings is 2. The average molecular weight is 640 g/mol. The van der Waals surface area contributed by atoms with Crippen molar-refractivity contribution < 1.29 is 32.2 Å². The van der Waals surface area contributed by atoms with Crippen LogP contribution in [0.5, 0.6) is 11.8 Å². The maximum Gasteiger partial charge on any atom is 0.422 e. The Balaban J connectivity index is 1.31. The van der Waals surface area contributed by atoms with Gasteiger partial charge in [0, 0.05) is 56.4 Å². The van der Waals surface area contributed by atoms with Crippen molar-refractivity contribution in [3.05, 3.63) is 59.7 Å². The van der Waals surface area contributed by atoms with Crippen LogP contribution in [0, 0.1) is 16.7 Å². The van der Waals surface area contributed by atoms with Crippen LogP contribution < -0.4 is 20.1 Å². The SMILES string of the molecule is C[C@@H]1COc2ccc(cc2)CNc2nc(nc(OCC(F)(F)F)n2)Nc2ccc(cc2)C(=O)N2CC3(C)CN(C1)CC(C)(C2)C3=O. The molecule has 2 unspecified atom stereocenters. The fraction of sp³-hybridized carbons (Fsp3) is 0.469. The van der Waals surface area contributed by atoms with Crippen LogP contribution in [0.25, 0.3) is 0 Å². The minimum Gasteiger partial charge on any atom is -0.493 e. The Hall–Kier alpha value is -4.46. The van der Waals surface area contributed by atoms with Gasteiger partial charge in [0.2, 0.25) is 11.9 Å². The molecule has 2 aromatic carbocycles. The molecule has 1 aromatic heterocycles. The molecule has 3 atom stereocenters. The molecule has 3 aromatic rings. The van der Waals surface area contributed by atoms with Gasteiger partial charge in [0.25, 0.3) is 5.91 Å². The molecule has 7 aliphatic rings. The van der Waals surface area contributed by atoms with Gasteiger partial charge in [-0.3, -0.25) is 9.59 Å². The fourth-order valence-electron chi connectivity index (χ4n) is 6.66. The molecule has 7 aliphatic heterocycles. The van der Waals surface area contributed by atoms with Gasteiger partial charge in [-0.15, -0.1) is 0 Å². The molecular weight excluding hydrogens is 603 g/mol. The Bertz CT molecular complexity index is 1580. The number of aromatic nitrogens is 3. The molecule has 10 rings (SSSR count). The van der Waals surface area contributed by atoms with Crippen LogP contribution in [0.3, 0.4) is 0 Å². The summed E-state index contributed by atoms with van der Waals surface area (Å²) in [5, 5.41) is 5.97. The van der Waals surface area contributed by atoms with Gasteiger partial charge in [0.1, 0.15) is 5.75 Å². The number of halogens is 3. The minimum atomic E-state index is -4.58. The number of alkyl halides is 3. The summed E-state index contributed by atoms with van der Waals surface area (Å²) in [5.74, 6) is 0.855. The number of nitrogens with one attached hydrogen (secondary N) is 2. The summed E-state index contributed by atoms with van der Waals surface area (Å²) < 4.78 is 49.5. The van der Waals surface area contributed by atoms with Crippen molar-refractivity contribution in [3.63, 3.8) is 0 Å². The lowest BCUT2D eigenvalue weighted by Crippen LogP contribution is -2.69. The van der Waals surface area contributed by atoms with Crippen molar-refractivity contribution >= 4 is 29.3 Å². The number of amides is 1. The van der Waals surface area contributed by atoms with Gasteiger partial charge in [-0.25, -0.2) is 0 Å². The van der Waals surface area contributed by atoms with E-state index in [1.165, 1.54) is 0 Å². The summed E-state index contributed by atoms with van der Waals surface area (Å²) >= 11 is 0. The molecule has 10 bridgehead atoms. The van der Waals surface area contributed by atoms with Crippen molar-refractivity contribution in [1.82, 2.24) is 24.8 Å². The van der Waals surface area contributed by atoms with Crippen molar-refractivity contribution in [2.24, 2.45) is 16.7 Å². The number of piperidine rings is 2. The van der Waals surface area contributed by atoms with Crippen LogP contribution >= 0.6 is 0 Å². The van der Waals surface area contributed by atoms with Crippen molar-refractivity contribution in [2.75, 3.05) is 56.6 Å². The largest absolute Gasteiger partial charge is 0.493 e. The summed E-state index contributed by atoms with van der Waals surface area (Å²) in [6, 6.07) is 13.6. The quantitative estimate of drug-likeness (QED) is 0.413. The van der Waals surface area contributed by atoms with E-state index in [9.17, 15) is 22.8 Å². The van der Waals surface area contributed by atoms with Crippen molar-refractivity contribution in [1.29, 1.82) is 0 Å². The third kappa shape index (κ3) is 7.01. The molecular formula is C32H36F3N7O4. The summed E-state index contributed by atoms with van der Waals surface area (Å²) in [7, 11) is 0. The Morgan fingerprint density at radius 1 is 0.935 bits per heavy atom. The zero-order valence-corrected chi connectivity index (χ0v) is 25.9. The second kappa shape index (κ2) is 12.0. The zero-order valence-electron chi connectivity index (χ0n) is 25.9. The second-order valence-electron chi connectivity index (χ2n) is 13.1. The Morgan fingerprint density at radius 3 is 2.24 bits per heavy atom. The lowest BCUT2D eigenvalue weighted by atomic mass is 9.64. The first-order valence-electron chi connectivity index (χ1n) is 15.1. The highest BCUT2D eigenvalue weighted by molar-refractivity contribution is 5.98. The number of nitrogens with zero attached hydrogens (tertiary/aromatic N) is 5. The van der Waals surface area contributed by atoms with Crippen LogP contribution in [-0.2, 0) is 11.3 Å². The molecule has 2 saturated heterocycles. The first-order chi connectivity index (χ1) is 21.8. The van der Waals surface area contributed by atoms with Gasteiger partial charge in [-0.2, -0.15) is 28.1 Å². The highest BCUT2D eigenvalue weighted by Gasteiger charge is 2.56. The minimum absolute atomic E-state index is 0.00911. The van der Waals surface area contributed by atoms with Crippen molar-refractivity contribution in [3.8, 4) is 11.8 Å². The molecule has 8 heterocycles. The predicted molar refractivity (Wildman–Crippen MR) is 163 cm³/mol. The van der Waals surface area contributed by atoms with Gasteiger partial charge >= 0.3 is 12.2 Å². The number of anilines is 3. The molecule has 46 heavy (non-hydrogen) atoms. The molecule has 0 radical (unpaired) electrons. The number of ketones is 1. The van der Waals surface area contributed by atoms with Gasteiger partial charge in [0.05, 0.1) is 17.4 Å². The number of hydrogen-bond acceptors (Lipinski definition) is 10. The van der Waals surface area contributed by atoms with Gasteiger partial charge in [-0.1, -0.05) is 19.1 Å². The number of ether oxygens (including phenoxy) is 2. The van der Waals surface area contributed by atoms with E-state index in [0.29, 0.717) is 49.8 Å². The van der Waals surface area contributed by atoms with E-state index in [1.54, 1.807) is 29.2 Å². The topological polar surface area (TPSA) is 122 Å². The predicted octanol–water partition coefficient (Wildman–Crippen LogP) is 4.55. The lowest BCUT2D eigenvalue weighted by molar-refractivity contribution is -0.156. The number of carbonyl (C=O) groups is 2. The normalized spacial score (nSPS) is 26.7. The summed E-state index contributed by atoms with van der Waals surface area (Å²) in [6.07, 6.45) is -4.58. The van der Waals surface area contributed by atoms with Crippen LogP contribution in [0.1, 0.15) is 36.7 Å². The van der Waals surface area contributed by atoms with Crippen LogP contribution in [-0.4, -0.2) is 88.6 Å². The molecule has 2 fully saturated rings. The Kier molecular flexibility index (Phi) is 8.25. The number of carbonyl (C=O) groups excluding carboxylic acids is 2.